The number of rotatable bonds is 4. The van der Waals surface area contributed by atoms with Crippen LogP contribution in [0.25, 0.3) is 0 Å². The number of aryl methyl sites for hydroxylation is 1. The van der Waals surface area contributed by atoms with Gasteiger partial charge in [-0.2, -0.15) is 4.68 Å². The van der Waals surface area contributed by atoms with E-state index in [0.717, 1.165) is 4.68 Å². The van der Waals surface area contributed by atoms with Crippen molar-refractivity contribution in [2.24, 2.45) is 0 Å². The fourth-order valence-corrected chi connectivity index (χ4v) is 1.34. The Morgan fingerprint density at radius 2 is 2.27 bits per heavy atom. The first-order valence-electron chi connectivity index (χ1n) is 4.05. The average Bonchev–Trinajstić information content (AvgIpc) is 2.20. The molecule has 0 aromatic carbocycles. The molecule has 1 heterocycles. The summed E-state index contributed by atoms with van der Waals surface area (Å²) in [6, 6.07) is 0. The zero-order valence-electron chi connectivity index (χ0n) is 8.01. The monoisotopic (exact) mass is 230 g/mol. The quantitative estimate of drug-likeness (QED) is 0.508. The van der Waals surface area contributed by atoms with Gasteiger partial charge in [-0.3, -0.25) is 9.59 Å². The summed E-state index contributed by atoms with van der Waals surface area (Å²) >= 11 is 1.19. The van der Waals surface area contributed by atoms with E-state index in [-0.39, 0.29) is 18.5 Å². The van der Waals surface area contributed by atoms with Gasteiger partial charge in [0.15, 0.2) is 0 Å². The van der Waals surface area contributed by atoms with Crippen molar-refractivity contribution in [3.05, 3.63) is 16.0 Å². The Morgan fingerprint density at radius 3 is 2.80 bits per heavy atom. The highest BCUT2D eigenvalue weighted by Crippen LogP contribution is 2.05. The highest BCUT2D eigenvalue weighted by atomic mass is 32.2. The minimum Gasteiger partial charge on any atom is -0.481 e. The molecule has 8 heteroatoms. The lowest BCUT2D eigenvalue weighted by molar-refractivity contribution is -0.136. The summed E-state index contributed by atoms with van der Waals surface area (Å²) in [5, 5.41) is 16.1. The van der Waals surface area contributed by atoms with Crippen molar-refractivity contribution in [1.82, 2.24) is 14.9 Å². The van der Waals surface area contributed by atoms with E-state index in [0.29, 0.717) is 5.16 Å². The van der Waals surface area contributed by atoms with Gasteiger partial charge in [-0.25, -0.2) is 0 Å². The number of nitrogen functional groups attached to an aromatic ring is 1. The van der Waals surface area contributed by atoms with Gasteiger partial charge in [0.25, 0.3) is 5.56 Å². The predicted octanol–water partition coefficient (Wildman–Crippen LogP) is -0.909. The number of hydrogen-bond acceptors (Lipinski definition) is 6. The molecule has 0 aliphatic rings. The summed E-state index contributed by atoms with van der Waals surface area (Å²) in [4.78, 5) is 21.8. The van der Waals surface area contributed by atoms with Gasteiger partial charge >= 0.3 is 5.97 Å². The van der Waals surface area contributed by atoms with Crippen LogP contribution in [0.4, 0.5) is 0 Å². The summed E-state index contributed by atoms with van der Waals surface area (Å²) in [7, 11) is 0. The lowest BCUT2D eigenvalue weighted by atomic mass is 10.2. The van der Waals surface area contributed by atoms with Crippen molar-refractivity contribution in [3.8, 4) is 0 Å². The molecular weight excluding hydrogens is 220 g/mol. The van der Waals surface area contributed by atoms with Gasteiger partial charge < -0.3 is 10.9 Å². The van der Waals surface area contributed by atoms with E-state index in [1.54, 1.807) is 6.26 Å². The molecule has 1 aromatic rings. The number of thioether (sulfide) groups is 1. The minimum absolute atomic E-state index is 0.0347. The smallest absolute Gasteiger partial charge is 0.303 e. The molecule has 0 amide bonds. The fourth-order valence-electron chi connectivity index (χ4n) is 0.941. The van der Waals surface area contributed by atoms with Gasteiger partial charge in [-0.05, 0) is 6.26 Å². The maximum absolute atomic E-state index is 11.5. The number of carbonyl (C=O) groups is 1. The third-order valence-electron chi connectivity index (χ3n) is 1.69. The Kier molecular flexibility index (Phi) is 3.67. The number of aliphatic carboxylic acids is 1. The predicted molar refractivity (Wildman–Crippen MR) is 54.2 cm³/mol. The first-order chi connectivity index (χ1) is 7.06. The van der Waals surface area contributed by atoms with E-state index in [1.165, 1.54) is 11.8 Å². The zero-order valence-corrected chi connectivity index (χ0v) is 8.82. The van der Waals surface area contributed by atoms with Crippen molar-refractivity contribution < 1.29 is 9.90 Å². The van der Waals surface area contributed by atoms with Crippen LogP contribution in [0.2, 0.25) is 0 Å². The van der Waals surface area contributed by atoms with Crippen LogP contribution in [0.5, 0.6) is 0 Å². The lowest BCUT2D eigenvalue weighted by Crippen LogP contribution is -2.33. The molecule has 0 aliphatic heterocycles. The fraction of sp³-hybridized carbons (Fsp3) is 0.429. The van der Waals surface area contributed by atoms with Crippen molar-refractivity contribution in [2.75, 3.05) is 12.1 Å². The van der Waals surface area contributed by atoms with Crippen molar-refractivity contribution in [3.63, 3.8) is 0 Å². The highest BCUT2D eigenvalue weighted by Gasteiger charge is 2.10. The van der Waals surface area contributed by atoms with Crippen LogP contribution in [0, 0.1) is 0 Å². The van der Waals surface area contributed by atoms with E-state index >= 15 is 0 Å². The van der Waals surface area contributed by atoms with Crippen LogP contribution in [-0.2, 0) is 11.2 Å². The molecule has 0 spiro atoms. The SMILES string of the molecule is CSc1nnc(CCC(=O)O)c(=O)n1N. The maximum atomic E-state index is 11.5. The molecule has 1 rings (SSSR count). The Hall–Kier alpha value is -1.57. The second-order valence-corrected chi connectivity index (χ2v) is 3.48. The molecule has 7 nitrogen and oxygen atoms in total. The second-order valence-electron chi connectivity index (χ2n) is 2.70. The number of carboxylic acid groups (broad SMARTS) is 1. The Balaban J connectivity index is 2.97. The third-order valence-corrected chi connectivity index (χ3v) is 2.33. The molecule has 15 heavy (non-hydrogen) atoms. The molecule has 0 bridgehead atoms. The van der Waals surface area contributed by atoms with Crippen molar-refractivity contribution in [2.45, 2.75) is 18.0 Å². The first kappa shape index (κ1) is 11.5. The summed E-state index contributed by atoms with van der Waals surface area (Å²) < 4.78 is 0.870. The van der Waals surface area contributed by atoms with Gasteiger partial charge in [0.05, 0.1) is 6.42 Å². The molecule has 0 fully saturated rings. The number of hydrogen-bond donors (Lipinski definition) is 2. The van der Waals surface area contributed by atoms with Crippen molar-refractivity contribution >= 4 is 17.7 Å². The van der Waals surface area contributed by atoms with E-state index < -0.39 is 11.5 Å². The van der Waals surface area contributed by atoms with Gasteiger partial charge in [-0.15, -0.1) is 10.2 Å². The summed E-state index contributed by atoms with van der Waals surface area (Å²) in [6.07, 6.45) is 1.58. The standard InChI is InChI=1S/C7H10N4O3S/c1-15-7-10-9-4(2-3-5(12)13)6(14)11(7)8/h2-3,8H2,1H3,(H,12,13). The molecular formula is C7H10N4O3S. The van der Waals surface area contributed by atoms with E-state index in [4.69, 9.17) is 10.9 Å². The van der Waals surface area contributed by atoms with Crippen LogP contribution >= 0.6 is 11.8 Å². The lowest BCUT2D eigenvalue weighted by Gasteiger charge is -2.04. The summed E-state index contributed by atoms with van der Waals surface area (Å²) in [6.45, 7) is 0. The molecule has 82 valence electrons. The molecule has 1 aromatic heterocycles. The van der Waals surface area contributed by atoms with Gasteiger partial charge in [0, 0.05) is 6.42 Å². The van der Waals surface area contributed by atoms with E-state index in [9.17, 15) is 9.59 Å². The van der Waals surface area contributed by atoms with Crippen LogP contribution in [-0.4, -0.2) is 32.2 Å². The molecule has 0 unspecified atom stereocenters. The summed E-state index contributed by atoms with van der Waals surface area (Å²) in [5.41, 5.74) is -0.437. The van der Waals surface area contributed by atoms with Gasteiger partial charge in [0.1, 0.15) is 5.69 Å². The average molecular weight is 230 g/mol. The van der Waals surface area contributed by atoms with Crippen LogP contribution < -0.4 is 11.4 Å². The largest absolute Gasteiger partial charge is 0.481 e. The minimum atomic E-state index is -0.992. The highest BCUT2D eigenvalue weighted by molar-refractivity contribution is 7.98. The zero-order chi connectivity index (χ0) is 11.4. The Morgan fingerprint density at radius 1 is 1.60 bits per heavy atom. The van der Waals surface area contributed by atoms with E-state index in [1.807, 2.05) is 0 Å². The van der Waals surface area contributed by atoms with E-state index in [2.05, 4.69) is 10.2 Å². The number of nitrogens with zero attached hydrogens (tertiary/aromatic N) is 3. The molecule has 3 N–H and O–H groups in total. The molecule has 0 radical (unpaired) electrons. The topological polar surface area (TPSA) is 111 Å². The molecule has 0 saturated heterocycles. The third kappa shape index (κ3) is 2.69. The molecule has 0 aliphatic carbocycles. The molecule has 0 saturated carbocycles. The maximum Gasteiger partial charge on any atom is 0.303 e. The van der Waals surface area contributed by atoms with Crippen LogP contribution in [0.3, 0.4) is 0 Å². The van der Waals surface area contributed by atoms with Gasteiger partial charge in [-0.1, -0.05) is 11.8 Å². The van der Waals surface area contributed by atoms with Crippen molar-refractivity contribution in [1.29, 1.82) is 0 Å². The summed E-state index contributed by atoms with van der Waals surface area (Å²) in [5.74, 6) is 4.44. The first-order valence-corrected chi connectivity index (χ1v) is 5.28. The Labute approximate surface area is 89.3 Å². The second kappa shape index (κ2) is 4.78. The van der Waals surface area contributed by atoms with Crippen LogP contribution in [0.15, 0.2) is 9.95 Å². The number of aromatic nitrogens is 3. The Bertz CT molecular complexity index is 431. The number of nitrogens with two attached hydrogens (primary N) is 1. The van der Waals surface area contributed by atoms with Crippen LogP contribution in [0.1, 0.15) is 12.1 Å². The normalized spacial score (nSPS) is 10.2. The van der Waals surface area contributed by atoms with Gasteiger partial charge in [0.2, 0.25) is 5.16 Å². The molecule has 0 atom stereocenters. The number of carboxylic acids is 1.